The van der Waals surface area contributed by atoms with Crippen molar-refractivity contribution in [1.82, 2.24) is 15.0 Å². The van der Waals surface area contributed by atoms with Crippen molar-refractivity contribution in [1.29, 1.82) is 0 Å². The Labute approximate surface area is 120 Å². The molecular weight excluding hydrogens is 300 g/mol. The normalized spacial score (nSPS) is 10.9. The number of aliphatic hydroxyl groups excluding tert-OH is 1. The second-order valence-electron chi connectivity index (χ2n) is 3.64. The number of aromatic amines is 1. The number of aromatic nitrogens is 3. The molecule has 0 unspecified atom stereocenters. The summed E-state index contributed by atoms with van der Waals surface area (Å²) in [6.45, 7) is 1.61. The van der Waals surface area contributed by atoms with Crippen molar-refractivity contribution in [3.8, 4) is 11.8 Å². The van der Waals surface area contributed by atoms with Gasteiger partial charge in [-0.25, -0.2) is 9.97 Å². The Morgan fingerprint density at radius 3 is 2.90 bits per heavy atom. The number of hydrogen-bond donors (Lipinski definition) is 3. The van der Waals surface area contributed by atoms with Gasteiger partial charge in [-0.05, 0) is 0 Å². The number of aryl methyl sites for hydroxylation is 1. The molecule has 20 heavy (non-hydrogen) atoms. The van der Waals surface area contributed by atoms with Crippen LogP contribution in [0, 0.1) is 11.8 Å². The first-order valence-corrected chi connectivity index (χ1v) is 7.97. The van der Waals surface area contributed by atoms with E-state index in [1.807, 2.05) is 6.92 Å². The molecule has 106 valence electrons. The average Bonchev–Trinajstić information content (AvgIpc) is 3.04. The third kappa shape index (κ3) is 3.36. The summed E-state index contributed by atoms with van der Waals surface area (Å²) in [4.78, 5) is 11.1. The number of sulfonamides is 1. The molecule has 2 heterocycles. The van der Waals surface area contributed by atoms with Crippen molar-refractivity contribution in [3.63, 3.8) is 0 Å². The number of hydrogen-bond acceptors (Lipinski definition) is 6. The fourth-order valence-electron chi connectivity index (χ4n) is 1.34. The van der Waals surface area contributed by atoms with Gasteiger partial charge in [0.05, 0.1) is 17.3 Å². The van der Waals surface area contributed by atoms with Crippen LogP contribution in [-0.4, -0.2) is 35.1 Å². The first-order valence-electron chi connectivity index (χ1n) is 5.67. The molecule has 0 aliphatic heterocycles. The molecule has 0 atom stereocenters. The summed E-state index contributed by atoms with van der Waals surface area (Å²) in [5, 5.41) is 8.78. The van der Waals surface area contributed by atoms with E-state index in [0.29, 0.717) is 17.1 Å². The van der Waals surface area contributed by atoms with E-state index < -0.39 is 10.0 Å². The molecule has 0 saturated carbocycles. The number of rotatable bonds is 4. The molecule has 0 spiro atoms. The van der Waals surface area contributed by atoms with E-state index in [1.54, 1.807) is 0 Å². The highest BCUT2D eigenvalue weighted by molar-refractivity contribution is 7.92. The van der Waals surface area contributed by atoms with E-state index in [0.717, 1.165) is 11.3 Å². The lowest BCUT2D eigenvalue weighted by Crippen LogP contribution is -2.13. The predicted molar refractivity (Wildman–Crippen MR) is 74.9 cm³/mol. The third-order valence-corrected chi connectivity index (χ3v) is 4.45. The van der Waals surface area contributed by atoms with Gasteiger partial charge in [0, 0.05) is 6.42 Å². The van der Waals surface area contributed by atoms with Gasteiger partial charge < -0.3 is 10.1 Å². The van der Waals surface area contributed by atoms with Gasteiger partial charge in [0.2, 0.25) is 0 Å². The maximum atomic E-state index is 12.1. The molecule has 0 bridgehead atoms. The minimum absolute atomic E-state index is 0.00691. The van der Waals surface area contributed by atoms with Crippen molar-refractivity contribution in [2.45, 2.75) is 18.4 Å². The molecule has 0 aliphatic rings. The number of imidazole rings is 1. The predicted octanol–water partition coefficient (Wildman–Crippen LogP) is 0.573. The molecule has 0 radical (unpaired) electrons. The van der Waals surface area contributed by atoms with Gasteiger partial charge in [-0.3, -0.25) is 4.72 Å². The van der Waals surface area contributed by atoms with E-state index in [1.165, 1.54) is 12.4 Å². The summed E-state index contributed by atoms with van der Waals surface area (Å²) < 4.78 is 26.5. The number of H-pyrrole nitrogens is 1. The summed E-state index contributed by atoms with van der Waals surface area (Å²) in [7, 11) is -3.73. The largest absolute Gasteiger partial charge is 0.384 e. The summed E-state index contributed by atoms with van der Waals surface area (Å²) >= 11 is 1.09. The van der Waals surface area contributed by atoms with Crippen LogP contribution in [-0.2, 0) is 16.4 Å². The van der Waals surface area contributed by atoms with Crippen LogP contribution in [0.1, 0.15) is 17.6 Å². The van der Waals surface area contributed by atoms with E-state index in [9.17, 15) is 8.42 Å². The molecule has 3 N–H and O–H groups in total. The van der Waals surface area contributed by atoms with Crippen LogP contribution < -0.4 is 4.72 Å². The van der Waals surface area contributed by atoms with E-state index in [4.69, 9.17) is 5.11 Å². The Morgan fingerprint density at radius 1 is 1.45 bits per heavy atom. The quantitative estimate of drug-likeness (QED) is 0.715. The smallest absolute Gasteiger partial charge is 0.280 e. The molecule has 2 aromatic heterocycles. The van der Waals surface area contributed by atoms with Crippen molar-refractivity contribution in [2.75, 3.05) is 11.3 Å². The zero-order valence-corrected chi connectivity index (χ0v) is 12.2. The first kappa shape index (κ1) is 14.5. The molecule has 0 aromatic carbocycles. The van der Waals surface area contributed by atoms with E-state index in [2.05, 4.69) is 31.5 Å². The molecule has 9 heteroatoms. The average molecular weight is 312 g/mol. The minimum Gasteiger partial charge on any atom is -0.384 e. The van der Waals surface area contributed by atoms with E-state index in [-0.39, 0.29) is 16.8 Å². The second-order valence-corrected chi connectivity index (χ2v) is 6.32. The standard InChI is InChI=1S/C11H12N4O3S2/c1-2-9-12-7-10(14-9)20(17,18)15-11-13-6-8(19-11)4-3-5-16/h6-7,16H,2,5H2,1H3,(H,12,14)(H,13,15). The number of anilines is 1. The number of nitrogens with zero attached hydrogens (tertiary/aromatic N) is 2. The lowest BCUT2D eigenvalue weighted by atomic mass is 10.5. The summed E-state index contributed by atoms with van der Waals surface area (Å²) in [6, 6.07) is 0. The highest BCUT2D eigenvalue weighted by Gasteiger charge is 2.18. The van der Waals surface area contributed by atoms with Gasteiger partial charge in [-0.2, -0.15) is 8.42 Å². The van der Waals surface area contributed by atoms with E-state index >= 15 is 0 Å². The maximum absolute atomic E-state index is 12.1. The lowest BCUT2D eigenvalue weighted by molar-refractivity contribution is 0.350. The number of nitrogens with one attached hydrogen (secondary N) is 2. The van der Waals surface area contributed by atoms with Gasteiger partial charge in [0.1, 0.15) is 12.4 Å². The molecule has 7 nitrogen and oxygen atoms in total. The van der Waals surface area contributed by atoms with Crippen molar-refractivity contribution >= 4 is 26.5 Å². The number of thiazole rings is 1. The Balaban J connectivity index is 2.17. The highest BCUT2D eigenvalue weighted by atomic mass is 32.2. The minimum atomic E-state index is -3.73. The summed E-state index contributed by atoms with van der Waals surface area (Å²) in [6.07, 6.45) is 3.32. The second kappa shape index (κ2) is 6.04. The van der Waals surface area contributed by atoms with Gasteiger partial charge in [-0.1, -0.05) is 30.1 Å². The Kier molecular flexibility index (Phi) is 4.39. The van der Waals surface area contributed by atoms with Crippen LogP contribution in [0.2, 0.25) is 0 Å². The van der Waals surface area contributed by atoms with Crippen LogP contribution in [0.15, 0.2) is 17.4 Å². The SMILES string of the molecule is CCc1ncc(S(=O)(=O)Nc2ncc(C#CCO)s2)[nH]1. The molecule has 0 saturated heterocycles. The van der Waals surface area contributed by atoms with Crippen molar-refractivity contribution in [2.24, 2.45) is 0 Å². The topological polar surface area (TPSA) is 108 Å². The summed E-state index contributed by atoms with van der Waals surface area (Å²) in [5.41, 5.74) is 0. The van der Waals surface area contributed by atoms with Gasteiger partial charge >= 0.3 is 0 Å². The monoisotopic (exact) mass is 312 g/mol. The molecule has 0 aliphatic carbocycles. The van der Waals surface area contributed by atoms with Gasteiger partial charge in [0.25, 0.3) is 10.0 Å². The lowest BCUT2D eigenvalue weighted by Gasteiger charge is -2.01. The van der Waals surface area contributed by atoms with Crippen LogP contribution in [0.3, 0.4) is 0 Å². The summed E-state index contributed by atoms with van der Waals surface area (Å²) in [5.74, 6) is 5.72. The Morgan fingerprint density at radius 2 is 2.25 bits per heavy atom. The number of aliphatic hydroxyl groups is 1. The van der Waals surface area contributed by atoms with Crippen molar-refractivity contribution < 1.29 is 13.5 Å². The highest BCUT2D eigenvalue weighted by Crippen LogP contribution is 2.20. The molecule has 0 fully saturated rings. The van der Waals surface area contributed by atoms with Crippen LogP contribution >= 0.6 is 11.3 Å². The Bertz CT molecular complexity index is 752. The van der Waals surface area contributed by atoms with Crippen LogP contribution in [0.25, 0.3) is 0 Å². The third-order valence-electron chi connectivity index (χ3n) is 2.25. The van der Waals surface area contributed by atoms with Crippen LogP contribution in [0.4, 0.5) is 5.13 Å². The Hall–Kier alpha value is -1.89. The molecule has 0 amide bonds. The van der Waals surface area contributed by atoms with Gasteiger partial charge in [-0.15, -0.1) is 0 Å². The van der Waals surface area contributed by atoms with Crippen LogP contribution in [0.5, 0.6) is 0 Å². The fourth-order valence-corrected chi connectivity index (χ4v) is 3.21. The maximum Gasteiger partial charge on any atom is 0.280 e. The zero-order valence-electron chi connectivity index (χ0n) is 10.5. The fraction of sp³-hybridized carbons (Fsp3) is 0.273. The molecule has 2 aromatic rings. The molecular formula is C11H12N4O3S2. The first-order chi connectivity index (χ1) is 9.55. The van der Waals surface area contributed by atoms with Gasteiger partial charge in [0.15, 0.2) is 10.2 Å². The van der Waals surface area contributed by atoms with Crippen molar-refractivity contribution in [3.05, 3.63) is 23.1 Å². The zero-order chi connectivity index (χ0) is 14.6. The molecule has 2 rings (SSSR count).